The minimum absolute atomic E-state index is 0.0627. The van der Waals surface area contributed by atoms with Crippen LogP contribution in [0.3, 0.4) is 0 Å². The maximum absolute atomic E-state index is 11.4. The van der Waals surface area contributed by atoms with Gasteiger partial charge in [-0.3, -0.25) is 0 Å². The molecule has 3 rings (SSSR count). The van der Waals surface area contributed by atoms with E-state index in [-0.39, 0.29) is 6.10 Å². The largest absolute Gasteiger partial charge is 0.480 e. The van der Waals surface area contributed by atoms with Gasteiger partial charge in [-0.2, -0.15) is 0 Å². The van der Waals surface area contributed by atoms with E-state index in [0.717, 1.165) is 29.4 Å². The molecule has 1 aliphatic rings. The fraction of sp³-hybridized carbons (Fsp3) is 0.412. The molecule has 1 unspecified atom stereocenters. The molecule has 116 valence electrons. The first-order valence-electron chi connectivity index (χ1n) is 7.61. The minimum atomic E-state index is -0.754. The van der Waals surface area contributed by atoms with Crippen molar-refractivity contribution in [1.82, 2.24) is 4.98 Å². The number of carboxylic acid groups (broad SMARTS) is 1. The number of nitrogens with zero attached hydrogens (tertiary/aromatic N) is 2. The van der Waals surface area contributed by atoms with E-state index in [1.807, 2.05) is 43.0 Å². The van der Waals surface area contributed by atoms with Gasteiger partial charge in [0, 0.05) is 23.8 Å². The summed E-state index contributed by atoms with van der Waals surface area (Å²) in [5, 5.41) is 11.3. The third-order valence-electron chi connectivity index (χ3n) is 3.93. The highest BCUT2D eigenvalue weighted by Gasteiger charge is 2.30. The molecular weight excluding hydrogens is 280 g/mol. The van der Waals surface area contributed by atoms with Gasteiger partial charge in [-0.25, -0.2) is 9.78 Å². The van der Waals surface area contributed by atoms with Crippen molar-refractivity contribution in [2.24, 2.45) is 0 Å². The van der Waals surface area contributed by atoms with Gasteiger partial charge >= 0.3 is 5.97 Å². The van der Waals surface area contributed by atoms with Crippen molar-refractivity contribution < 1.29 is 14.6 Å². The molecule has 22 heavy (non-hydrogen) atoms. The van der Waals surface area contributed by atoms with Gasteiger partial charge < -0.3 is 14.7 Å². The van der Waals surface area contributed by atoms with Crippen molar-refractivity contribution in [3.05, 3.63) is 30.5 Å². The van der Waals surface area contributed by atoms with Crippen molar-refractivity contribution in [2.75, 3.05) is 11.4 Å². The van der Waals surface area contributed by atoms with Crippen molar-refractivity contribution in [3.63, 3.8) is 0 Å². The molecule has 0 spiro atoms. The minimum Gasteiger partial charge on any atom is -0.480 e. The third kappa shape index (κ3) is 2.71. The summed E-state index contributed by atoms with van der Waals surface area (Å²) in [4.78, 5) is 17.6. The van der Waals surface area contributed by atoms with Crippen LogP contribution in [0.1, 0.15) is 26.7 Å². The van der Waals surface area contributed by atoms with Gasteiger partial charge in [0.05, 0.1) is 6.10 Å². The monoisotopic (exact) mass is 300 g/mol. The van der Waals surface area contributed by atoms with Crippen LogP contribution < -0.4 is 9.64 Å². The van der Waals surface area contributed by atoms with Gasteiger partial charge in [0.1, 0.15) is 6.04 Å². The van der Waals surface area contributed by atoms with Gasteiger partial charge in [0.25, 0.3) is 0 Å². The summed E-state index contributed by atoms with van der Waals surface area (Å²) in [6.45, 7) is 4.72. The maximum Gasteiger partial charge on any atom is 0.326 e. The second kappa shape index (κ2) is 5.83. The zero-order valence-corrected chi connectivity index (χ0v) is 12.8. The number of carboxylic acids is 1. The van der Waals surface area contributed by atoms with Crippen LogP contribution in [-0.4, -0.2) is 34.8 Å². The Balaban J connectivity index is 1.98. The Bertz CT molecular complexity index is 699. The number of pyridine rings is 1. The number of aromatic nitrogens is 1. The summed E-state index contributed by atoms with van der Waals surface area (Å²) >= 11 is 0. The molecule has 0 radical (unpaired) electrons. The van der Waals surface area contributed by atoms with Crippen molar-refractivity contribution in [1.29, 1.82) is 0 Å². The number of ether oxygens (including phenoxy) is 1. The smallest absolute Gasteiger partial charge is 0.326 e. The van der Waals surface area contributed by atoms with Crippen LogP contribution in [0, 0.1) is 0 Å². The molecule has 1 aromatic heterocycles. The van der Waals surface area contributed by atoms with Crippen LogP contribution in [-0.2, 0) is 4.79 Å². The quantitative estimate of drug-likeness (QED) is 0.940. The van der Waals surface area contributed by atoms with Crippen LogP contribution in [0.25, 0.3) is 10.8 Å². The first-order chi connectivity index (χ1) is 10.6. The molecule has 5 nitrogen and oxygen atoms in total. The van der Waals surface area contributed by atoms with E-state index >= 15 is 0 Å². The van der Waals surface area contributed by atoms with E-state index in [2.05, 4.69) is 4.98 Å². The van der Waals surface area contributed by atoms with Crippen LogP contribution in [0.15, 0.2) is 30.5 Å². The molecule has 1 aromatic carbocycles. The average Bonchev–Trinajstić information content (AvgIpc) is 2.96. The molecule has 2 aromatic rings. The molecule has 0 saturated carbocycles. The van der Waals surface area contributed by atoms with Crippen LogP contribution in [0.5, 0.6) is 5.88 Å². The van der Waals surface area contributed by atoms with Gasteiger partial charge in [0.2, 0.25) is 5.88 Å². The molecule has 1 saturated heterocycles. The Kier molecular flexibility index (Phi) is 3.88. The fourth-order valence-corrected chi connectivity index (χ4v) is 2.97. The van der Waals surface area contributed by atoms with E-state index in [9.17, 15) is 9.90 Å². The zero-order chi connectivity index (χ0) is 15.7. The number of rotatable bonds is 4. The number of anilines is 1. The predicted octanol–water partition coefficient (Wildman–Crippen LogP) is 3.08. The summed E-state index contributed by atoms with van der Waals surface area (Å²) in [7, 11) is 0. The normalized spacial score (nSPS) is 18.1. The Labute approximate surface area is 129 Å². The lowest BCUT2D eigenvalue weighted by atomic mass is 10.1. The lowest BCUT2D eigenvalue weighted by molar-refractivity contribution is -0.138. The van der Waals surface area contributed by atoms with Gasteiger partial charge in [-0.15, -0.1) is 0 Å². The predicted molar refractivity (Wildman–Crippen MR) is 85.5 cm³/mol. The van der Waals surface area contributed by atoms with Crippen molar-refractivity contribution >= 4 is 22.4 Å². The summed E-state index contributed by atoms with van der Waals surface area (Å²) in [6, 6.07) is 7.44. The van der Waals surface area contributed by atoms with E-state index in [0.29, 0.717) is 12.3 Å². The highest BCUT2D eigenvalue weighted by molar-refractivity contribution is 5.90. The first-order valence-corrected chi connectivity index (χ1v) is 7.61. The van der Waals surface area contributed by atoms with E-state index in [1.54, 1.807) is 6.20 Å². The molecule has 0 aliphatic carbocycles. The van der Waals surface area contributed by atoms with Crippen molar-refractivity contribution in [2.45, 2.75) is 38.8 Å². The molecule has 0 bridgehead atoms. The summed E-state index contributed by atoms with van der Waals surface area (Å²) in [5.74, 6) is -0.133. The van der Waals surface area contributed by atoms with Crippen molar-refractivity contribution in [3.8, 4) is 5.88 Å². The molecule has 1 N–H and O–H groups in total. The highest BCUT2D eigenvalue weighted by atomic mass is 16.5. The second-order valence-corrected chi connectivity index (χ2v) is 5.88. The maximum atomic E-state index is 11.4. The molecule has 2 heterocycles. The van der Waals surface area contributed by atoms with E-state index in [4.69, 9.17) is 4.74 Å². The molecule has 1 aliphatic heterocycles. The lowest BCUT2D eigenvalue weighted by Crippen LogP contribution is -2.35. The Morgan fingerprint density at radius 3 is 2.95 bits per heavy atom. The highest BCUT2D eigenvalue weighted by Crippen LogP contribution is 2.31. The van der Waals surface area contributed by atoms with Crippen LogP contribution in [0.2, 0.25) is 0 Å². The SMILES string of the molecule is CC(C)Oc1nccc2cc(N3CCCC3C(=O)O)ccc12. The van der Waals surface area contributed by atoms with E-state index < -0.39 is 12.0 Å². The number of aliphatic carboxylic acids is 1. The van der Waals surface area contributed by atoms with E-state index in [1.165, 1.54) is 0 Å². The average molecular weight is 300 g/mol. The van der Waals surface area contributed by atoms with Crippen LogP contribution in [0.4, 0.5) is 5.69 Å². The number of carbonyl (C=O) groups is 1. The molecule has 0 amide bonds. The zero-order valence-electron chi connectivity index (χ0n) is 12.8. The molecule has 5 heteroatoms. The van der Waals surface area contributed by atoms with Gasteiger partial charge in [-0.1, -0.05) is 0 Å². The Hall–Kier alpha value is -2.30. The number of fused-ring (bicyclic) bond motifs is 1. The summed E-state index contributed by atoms with van der Waals surface area (Å²) < 4.78 is 5.73. The fourth-order valence-electron chi connectivity index (χ4n) is 2.97. The van der Waals surface area contributed by atoms with Crippen LogP contribution >= 0.6 is 0 Å². The number of hydrogen-bond acceptors (Lipinski definition) is 4. The summed E-state index contributed by atoms with van der Waals surface area (Å²) in [5.41, 5.74) is 0.944. The Morgan fingerprint density at radius 1 is 1.41 bits per heavy atom. The molecule has 1 atom stereocenters. The number of benzene rings is 1. The topological polar surface area (TPSA) is 62.7 Å². The van der Waals surface area contributed by atoms with Gasteiger partial charge in [-0.05, 0) is 56.3 Å². The molecule has 1 fully saturated rings. The summed E-state index contributed by atoms with van der Waals surface area (Å²) in [6.07, 6.45) is 3.40. The Morgan fingerprint density at radius 2 is 2.23 bits per heavy atom. The third-order valence-corrected chi connectivity index (χ3v) is 3.93. The first kappa shape index (κ1) is 14.6. The standard InChI is InChI=1S/C17H20N2O3/c1-11(2)22-16-14-6-5-13(10-12(14)7-8-18-16)19-9-3-4-15(19)17(20)21/h5-8,10-11,15H,3-4,9H2,1-2H3,(H,20,21). The van der Waals surface area contributed by atoms with Gasteiger partial charge in [0.15, 0.2) is 0 Å². The lowest BCUT2D eigenvalue weighted by Gasteiger charge is -2.24. The molecular formula is C17H20N2O3. The number of hydrogen-bond donors (Lipinski definition) is 1. The second-order valence-electron chi connectivity index (χ2n) is 5.88.